The molecule has 0 N–H and O–H groups in total. The molecular weight excluding hydrogens is 402 g/mol. The molecule has 0 radical (unpaired) electrons. The van der Waals surface area contributed by atoms with E-state index in [4.69, 9.17) is 14.2 Å². The van der Waals surface area contributed by atoms with E-state index in [1.165, 1.54) is 16.5 Å². The van der Waals surface area contributed by atoms with Gasteiger partial charge in [-0.05, 0) is 50.6 Å². The van der Waals surface area contributed by atoms with Crippen molar-refractivity contribution < 1.29 is 9.26 Å². The smallest absolute Gasteiger partial charge is 0.229 e. The van der Waals surface area contributed by atoms with Crippen molar-refractivity contribution in [1.82, 2.24) is 20.0 Å². The number of anilines is 1. The van der Waals surface area contributed by atoms with Gasteiger partial charge in [-0.2, -0.15) is 4.98 Å². The maximum atomic E-state index is 5.59. The van der Waals surface area contributed by atoms with Crippen LogP contribution in [0.15, 0.2) is 28.8 Å². The Morgan fingerprint density at radius 2 is 1.81 bits per heavy atom. The van der Waals surface area contributed by atoms with Crippen LogP contribution in [0.1, 0.15) is 61.4 Å². The van der Waals surface area contributed by atoms with Crippen molar-refractivity contribution in [2.75, 3.05) is 44.3 Å². The Morgan fingerprint density at radius 3 is 2.53 bits per heavy atom. The van der Waals surface area contributed by atoms with E-state index in [2.05, 4.69) is 65.0 Å². The van der Waals surface area contributed by atoms with Crippen LogP contribution >= 0.6 is 0 Å². The fourth-order valence-corrected chi connectivity index (χ4v) is 4.70. The van der Waals surface area contributed by atoms with E-state index in [1.807, 2.05) is 0 Å². The molecule has 0 amide bonds. The quantitative estimate of drug-likeness (QED) is 0.593. The van der Waals surface area contributed by atoms with Crippen molar-refractivity contribution in [3.8, 4) is 0 Å². The van der Waals surface area contributed by atoms with Crippen LogP contribution < -0.4 is 4.90 Å². The summed E-state index contributed by atoms with van der Waals surface area (Å²) in [6.45, 7) is 12.6. The summed E-state index contributed by atoms with van der Waals surface area (Å²) in [5.41, 5.74) is 3.63. The molecule has 5 rings (SSSR count). The largest absolute Gasteiger partial charge is 0.378 e. The molecule has 170 valence electrons. The van der Waals surface area contributed by atoms with Crippen LogP contribution in [0.5, 0.6) is 0 Å². The Kier molecular flexibility index (Phi) is 6.11. The maximum absolute atomic E-state index is 5.59. The van der Waals surface area contributed by atoms with Gasteiger partial charge in [0.2, 0.25) is 5.89 Å². The van der Waals surface area contributed by atoms with E-state index < -0.39 is 0 Å². The lowest BCUT2D eigenvalue weighted by atomic mass is 9.96. The first-order chi connectivity index (χ1) is 15.6. The number of hydrogen-bond donors (Lipinski definition) is 0. The van der Waals surface area contributed by atoms with E-state index in [-0.39, 0.29) is 0 Å². The SMILES string of the molecule is Cc1ccc2cc(CN3CCC(c4nc(C(C)C)no4)CC3)c(N3CCOCC3)nc2c1. The second kappa shape index (κ2) is 9.16. The van der Waals surface area contributed by atoms with E-state index in [0.717, 1.165) is 81.8 Å². The van der Waals surface area contributed by atoms with Gasteiger partial charge >= 0.3 is 0 Å². The summed E-state index contributed by atoms with van der Waals surface area (Å²) in [6, 6.07) is 8.89. The maximum Gasteiger partial charge on any atom is 0.229 e. The minimum Gasteiger partial charge on any atom is -0.378 e. The number of aromatic nitrogens is 3. The number of ether oxygens (including phenoxy) is 1. The Bertz CT molecular complexity index is 1070. The number of piperidine rings is 1. The number of fused-ring (bicyclic) bond motifs is 1. The molecular formula is C25H33N5O2. The van der Waals surface area contributed by atoms with Gasteiger partial charge in [0.25, 0.3) is 0 Å². The highest BCUT2D eigenvalue weighted by atomic mass is 16.5. The van der Waals surface area contributed by atoms with Crippen LogP contribution in [-0.4, -0.2) is 59.4 Å². The topological polar surface area (TPSA) is 67.5 Å². The van der Waals surface area contributed by atoms with Gasteiger partial charge in [-0.25, -0.2) is 4.98 Å². The molecule has 0 aliphatic carbocycles. The fourth-order valence-electron chi connectivity index (χ4n) is 4.70. The van der Waals surface area contributed by atoms with Gasteiger partial charge in [-0.15, -0.1) is 0 Å². The monoisotopic (exact) mass is 435 g/mol. The van der Waals surface area contributed by atoms with E-state index >= 15 is 0 Å². The molecule has 0 bridgehead atoms. The lowest BCUT2D eigenvalue weighted by Crippen LogP contribution is -2.38. The Balaban J connectivity index is 1.33. The molecule has 0 saturated carbocycles. The molecule has 0 spiro atoms. The number of aryl methyl sites for hydroxylation is 1. The molecule has 0 atom stereocenters. The average Bonchev–Trinajstić information content (AvgIpc) is 3.31. The van der Waals surface area contributed by atoms with Gasteiger partial charge < -0.3 is 14.2 Å². The summed E-state index contributed by atoms with van der Waals surface area (Å²) < 4.78 is 11.2. The van der Waals surface area contributed by atoms with Crippen LogP contribution in [0.4, 0.5) is 5.82 Å². The molecule has 32 heavy (non-hydrogen) atoms. The van der Waals surface area contributed by atoms with Crippen LogP contribution in [0.25, 0.3) is 10.9 Å². The Hall–Kier alpha value is -2.51. The van der Waals surface area contributed by atoms with Gasteiger partial charge in [0, 0.05) is 42.4 Å². The molecule has 7 heteroatoms. The van der Waals surface area contributed by atoms with Crippen molar-refractivity contribution in [2.45, 2.75) is 52.0 Å². The van der Waals surface area contributed by atoms with Crippen molar-refractivity contribution in [3.63, 3.8) is 0 Å². The van der Waals surface area contributed by atoms with E-state index in [1.54, 1.807) is 0 Å². The molecule has 2 aliphatic heterocycles. The highest BCUT2D eigenvalue weighted by Crippen LogP contribution is 2.31. The number of morpholine rings is 1. The first-order valence-electron chi connectivity index (χ1n) is 11.9. The normalized spacial score (nSPS) is 18.7. The molecule has 3 aromatic rings. The summed E-state index contributed by atoms with van der Waals surface area (Å²) >= 11 is 0. The summed E-state index contributed by atoms with van der Waals surface area (Å²) in [4.78, 5) is 14.7. The van der Waals surface area contributed by atoms with Gasteiger partial charge in [-0.3, -0.25) is 4.90 Å². The third kappa shape index (κ3) is 4.50. The number of rotatable bonds is 5. The average molecular weight is 436 g/mol. The standard InChI is InChI=1S/C25H33N5O2/c1-17(2)23-27-25(32-28-23)19-6-8-29(9-7-19)16-21-15-20-5-4-18(3)14-22(20)26-24(21)30-10-12-31-13-11-30/h4-5,14-15,17,19H,6-13,16H2,1-3H3. The summed E-state index contributed by atoms with van der Waals surface area (Å²) in [5, 5.41) is 5.36. The highest BCUT2D eigenvalue weighted by Gasteiger charge is 2.27. The van der Waals surface area contributed by atoms with Gasteiger partial charge in [-0.1, -0.05) is 31.1 Å². The van der Waals surface area contributed by atoms with Crippen molar-refractivity contribution in [3.05, 3.63) is 47.1 Å². The van der Waals surface area contributed by atoms with Crippen molar-refractivity contribution >= 4 is 16.7 Å². The van der Waals surface area contributed by atoms with Crippen LogP contribution in [0, 0.1) is 6.92 Å². The van der Waals surface area contributed by atoms with Crippen LogP contribution in [-0.2, 0) is 11.3 Å². The van der Waals surface area contributed by atoms with E-state index in [0.29, 0.717) is 11.8 Å². The van der Waals surface area contributed by atoms with Gasteiger partial charge in [0.15, 0.2) is 5.82 Å². The third-order valence-electron chi connectivity index (χ3n) is 6.64. The van der Waals surface area contributed by atoms with Gasteiger partial charge in [0.1, 0.15) is 5.82 Å². The third-order valence-corrected chi connectivity index (χ3v) is 6.64. The summed E-state index contributed by atoms with van der Waals surface area (Å²) in [5.74, 6) is 3.41. The number of likely N-dealkylation sites (tertiary alicyclic amines) is 1. The molecule has 2 aromatic heterocycles. The minimum absolute atomic E-state index is 0.301. The molecule has 2 fully saturated rings. The molecule has 2 aliphatic rings. The number of hydrogen-bond acceptors (Lipinski definition) is 7. The lowest BCUT2D eigenvalue weighted by Gasteiger charge is -2.33. The first-order valence-corrected chi connectivity index (χ1v) is 11.9. The van der Waals surface area contributed by atoms with Crippen LogP contribution in [0.3, 0.4) is 0 Å². The zero-order valence-corrected chi connectivity index (χ0v) is 19.4. The second-order valence-electron chi connectivity index (χ2n) is 9.46. The zero-order chi connectivity index (χ0) is 22.1. The molecule has 4 heterocycles. The zero-order valence-electron chi connectivity index (χ0n) is 19.4. The van der Waals surface area contributed by atoms with E-state index in [9.17, 15) is 0 Å². The predicted molar refractivity (Wildman–Crippen MR) is 125 cm³/mol. The molecule has 2 saturated heterocycles. The number of benzene rings is 1. The van der Waals surface area contributed by atoms with Gasteiger partial charge in [0.05, 0.1) is 18.7 Å². The highest BCUT2D eigenvalue weighted by molar-refractivity contribution is 5.82. The predicted octanol–water partition coefficient (Wildman–Crippen LogP) is 4.27. The summed E-state index contributed by atoms with van der Waals surface area (Å²) in [6.07, 6.45) is 2.10. The fraction of sp³-hybridized carbons (Fsp3) is 0.560. The number of nitrogens with zero attached hydrogens (tertiary/aromatic N) is 5. The van der Waals surface area contributed by atoms with Crippen molar-refractivity contribution in [1.29, 1.82) is 0 Å². The Labute approximate surface area is 189 Å². The van der Waals surface area contributed by atoms with Crippen LogP contribution in [0.2, 0.25) is 0 Å². The van der Waals surface area contributed by atoms with Crippen molar-refractivity contribution in [2.24, 2.45) is 0 Å². The lowest BCUT2D eigenvalue weighted by molar-refractivity contribution is 0.122. The number of pyridine rings is 1. The second-order valence-corrected chi connectivity index (χ2v) is 9.46. The molecule has 0 unspecified atom stereocenters. The summed E-state index contributed by atoms with van der Waals surface area (Å²) in [7, 11) is 0. The minimum atomic E-state index is 0.301. The Morgan fingerprint density at radius 1 is 1.03 bits per heavy atom. The molecule has 1 aromatic carbocycles. The molecule has 7 nitrogen and oxygen atoms in total. The first kappa shape index (κ1) is 21.3.